The second-order valence-corrected chi connectivity index (χ2v) is 7.50. The van der Waals surface area contributed by atoms with Crippen LogP contribution >= 0.6 is 0 Å². The first-order chi connectivity index (χ1) is 15.2. The molecule has 0 unspecified atom stereocenters. The predicted octanol–water partition coefficient (Wildman–Crippen LogP) is 6.45. The van der Waals surface area contributed by atoms with E-state index in [0.29, 0.717) is 0 Å². The normalized spacial score (nSPS) is 11.1. The van der Waals surface area contributed by atoms with Crippen LogP contribution in [0, 0.1) is 6.92 Å². The minimum atomic E-state index is 0.768. The lowest BCUT2D eigenvalue weighted by molar-refractivity contribution is 0.419. The van der Waals surface area contributed by atoms with E-state index in [1.165, 1.54) is 11.3 Å². The molecule has 0 saturated carbocycles. The highest BCUT2D eigenvalue weighted by atomic mass is 16.5. The molecule has 4 heteroatoms. The largest absolute Gasteiger partial charge is 0.494 e. The van der Waals surface area contributed by atoms with Crippen molar-refractivity contribution in [3.63, 3.8) is 0 Å². The molecule has 0 spiro atoms. The summed E-state index contributed by atoms with van der Waals surface area (Å²) >= 11 is 0. The predicted molar refractivity (Wildman–Crippen MR) is 132 cm³/mol. The number of benzene rings is 3. The van der Waals surface area contributed by atoms with Crippen molar-refractivity contribution < 1.29 is 4.74 Å². The summed E-state index contributed by atoms with van der Waals surface area (Å²) in [6, 6.07) is 24.7. The molecule has 0 aliphatic rings. The summed E-state index contributed by atoms with van der Waals surface area (Å²) in [7, 11) is 3.77. The Labute approximate surface area is 183 Å². The van der Waals surface area contributed by atoms with Crippen LogP contribution in [0.25, 0.3) is 17.0 Å². The molecule has 0 amide bonds. The van der Waals surface area contributed by atoms with E-state index < -0.39 is 0 Å². The molecule has 4 aromatic rings. The molecule has 1 aromatic heterocycles. The van der Waals surface area contributed by atoms with Gasteiger partial charge in [-0.15, -0.1) is 0 Å². The Morgan fingerprint density at radius 3 is 2.52 bits per heavy atom. The summed E-state index contributed by atoms with van der Waals surface area (Å²) in [5.41, 5.74) is 6.36. The van der Waals surface area contributed by atoms with Crippen molar-refractivity contribution in [3.8, 4) is 5.75 Å². The van der Waals surface area contributed by atoms with Crippen LogP contribution in [-0.2, 0) is 0 Å². The maximum atomic E-state index is 5.54. The highest BCUT2D eigenvalue weighted by Gasteiger charge is 2.12. The lowest BCUT2D eigenvalue weighted by atomic mass is 10.1. The number of hydrogen-bond donors (Lipinski definition) is 1. The van der Waals surface area contributed by atoms with E-state index in [9.17, 15) is 0 Å². The second-order valence-electron chi connectivity index (χ2n) is 7.50. The van der Waals surface area contributed by atoms with Crippen molar-refractivity contribution >= 4 is 34.0 Å². The molecule has 4 rings (SSSR count). The Morgan fingerprint density at radius 1 is 0.968 bits per heavy atom. The van der Waals surface area contributed by atoms with Crippen molar-refractivity contribution in [2.45, 2.75) is 6.92 Å². The van der Waals surface area contributed by atoms with Gasteiger partial charge in [-0.3, -0.25) is 4.98 Å². The van der Waals surface area contributed by atoms with Gasteiger partial charge in [-0.2, -0.15) is 0 Å². The van der Waals surface area contributed by atoms with Crippen molar-refractivity contribution in [1.29, 1.82) is 0 Å². The summed E-state index contributed by atoms with van der Waals surface area (Å²) in [5, 5.41) is 4.67. The topological polar surface area (TPSA) is 37.4 Å². The van der Waals surface area contributed by atoms with Gasteiger partial charge in [0.2, 0.25) is 0 Å². The van der Waals surface area contributed by atoms with Crippen LogP contribution in [0.4, 0.5) is 17.1 Å². The van der Waals surface area contributed by atoms with Crippen molar-refractivity contribution in [3.05, 3.63) is 96.2 Å². The van der Waals surface area contributed by atoms with E-state index in [-0.39, 0.29) is 0 Å². The van der Waals surface area contributed by atoms with Crippen LogP contribution in [0.3, 0.4) is 0 Å². The highest BCUT2D eigenvalue weighted by molar-refractivity contribution is 6.00. The summed E-state index contributed by atoms with van der Waals surface area (Å²) in [6.07, 6.45) is 6.20. The standard InChI is InChI=1S/C27H27N3O/c1-20-11-7-8-16-24(20)29-26-21(12-10-18-30(2)22-13-5-4-6-14-22)19-28-27-23(26)15-9-17-25(27)31-3/h4-17,19H,18H2,1-3H3,(H,28,29). The number of anilines is 3. The number of nitrogens with one attached hydrogen (secondary N) is 1. The number of aromatic nitrogens is 1. The van der Waals surface area contributed by atoms with Gasteiger partial charge in [0.15, 0.2) is 0 Å². The third-order valence-corrected chi connectivity index (χ3v) is 5.39. The maximum absolute atomic E-state index is 5.54. The van der Waals surface area contributed by atoms with Gasteiger partial charge in [0.25, 0.3) is 0 Å². The first kappa shape index (κ1) is 20.5. The molecule has 0 radical (unpaired) electrons. The van der Waals surface area contributed by atoms with Gasteiger partial charge in [0.05, 0.1) is 12.8 Å². The molecule has 0 bridgehead atoms. The van der Waals surface area contributed by atoms with E-state index in [1.54, 1.807) is 7.11 Å². The molecule has 31 heavy (non-hydrogen) atoms. The summed E-state index contributed by atoms with van der Waals surface area (Å²) in [5.74, 6) is 0.768. The van der Waals surface area contributed by atoms with Crippen molar-refractivity contribution in [2.24, 2.45) is 0 Å². The van der Waals surface area contributed by atoms with Gasteiger partial charge in [-0.25, -0.2) is 0 Å². The highest BCUT2D eigenvalue weighted by Crippen LogP contribution is 2.34. The number of rotatable bonds is 7. The van der Waals surface area contributed by atoms with E-state index in [1.807, 2.05) is 30.5 Å². The molecule has 156 valence electrons. The van der Waals surface area contributed by atoms with Crippen molar-refractivity contribution in [1.82, 2.24) is 4.98 Å². The first-order valence-corrected chi connectivity index (χ1v) is 10.4. The fraction of sp³-hybridized carbons (Fsp3) is 0.148. The lowest BCUT2D eigenvalue weighted by Gasteiger charge is -2.18. The SMILES string of the molecule is COc1cccc2c(Nc3ccccc3C)c(C=CCN(C)c3ccccc3)cnc12. The molecule has 1 N–H and O–H groups in total. The molecule has 3 aromatic carbocycles. The molecule has 0 aliphatic carbocycles. The van der Waals surface area contributed by atoms with E-state index in [2.05, 4.69) is 84.9 Å². The average Bonchev–Trinajstić information content (AvgIpc) is 2.81. The molecule has 1 heterocycles. The van der Waals surface area contributed by atoms with Crippen LogP contribution in [0.1, 0.15) is 11.1 Å². The Kier molecular flexibility index (Phi) is 6.18. The zero-order chi connectivity index (χ0) is 21.6. The van der Waals surface area contributed by atoms with Gasteiger partial charge in [0, 0.05) is 42.1 Å². The number of hydrogen-bond acceptors (Lipinski definition) is 4. The number of nitrogens with zero attached hydrogens (tertiary/aromatic N) is 2. The summed E-state index contributed by atoms with van der Waals surface area (Å²) in [4.78, 5) is 6.91. The van der Waals surface area contributed by atoms with Crippen LogP contribution in [0.2, 0.25) is 0 Å². The molecule has 0 aliphatic heterocycles. The number of fused-ring (bicyclic) bond motifs is 1. The Balaban J connectivity index is 1.71. The minimum absolute atomic E-state index is 0.768. The third-order valence-electron chi connectivity index (χ3n) is 5.39. The van der Waals surface area contributed by atoms with E-state index >= 15 is 0 Å². The quantitative estimate of drug-likeness (QED) is 0.381. The number of likely N-dealkylation sites (N-methyl/N-ethyl adjacent to an activating group) is 1. The third kappa shape index (κ3) is 4.53. The van der Waals surface area contributed by atoms with Crippen LogP contribution in [0.5, 0.6) is 5.75 Å². The number of para-hydroxylation sites is 3. The van der Waals surface area contributed by atoms with Crippen LogP contribution in [-0.4, -0.2) is 25.7 Å². The smallest absolute Gasteiger partial charge is 0.145 e. The van der Waals surface area contributed by atoms with E-state index in [4.69, 9.17) is 9.72 Å². The Hall–Kier alpha value is -3.79. The fourth-order valence-electron chi connectivity index (χ4n) is 3.62. The number of aryl methyl sites for hydroxylation is 1. The summed E-state index contributed by atoms with van der Waals surface area (Å²) < 4.78 is 5.54. The molecular weight excluding hydrogens is 382 g/mol. The molecule has 0 fully saturated rings. The van der Waals surface area contributed by atoms with Crippen LogP contribution in [0.15, 0.2) is 85.1 Å². The molecular formula is C27H27N3O. The van der Waals surface area contributed by atoms with Gasteiger partial charge < -0.3 is 15.0 Å². The zero-order valence-corrected chi connectivity index (χ0v) is 18.2. The number of ether oxygens (including phenoxy) is 1. The monoisotopic (exact) mass is 409 g/mol. The number of methoxy groups -OCH3 is 1. The molecule has 0 saturated heterocycles. The van der Waals surface area contributed by atoms with Gasteiger partial charge in [-0.1, -0.05) is 60.7 Å². The lowest BCUT2D eigenvalue weighted by Crippen LogP contribution is -2.16. The van der Waals surface area contributed by atoms with E-state index in [0.717, 1.165) is 40.1 Å². The Bertz CT molecular complexity index is 1200. The van der Waals surface area contributed by atoms with Gasteiger partial charge >= 0.3 is 0 Å². The van der Waals surface area contributed by atoms with Gasteiger partial charge in [-0.05, 0) is 36.8 Å². The number of pyridine rings is 1. The average molecular weight is 410 g/mol. The van der Waals surface area contributed by atoms with Crippen molar-refractivity contribution in [2.75, 3.05) is 30.9 Å². The van der Waals surface area contributed by atoms with Crippen LogP contribution < -0.4 is 15.0 Å². The maximum Gasteiger partial charge on any atom is 0.145 e. The Morgan fingerprint density at radius 2 is 1.74 bits per heavy atom. The summed E-state index contributed by atoms with van der Waals surface area (Å²) in [6.45, 7) is 2.90. The first-order valence-electron chi connectivity index (χ1n) is 10.4. The molecule has 0 atom stereocenters. The van der Waals surface area contributed by atoms with Gasteiger partial charge in [0.1, 0.15) is 11.3 Å². The fourth-order valence-corrected chi connectivity index (χ4v) is 3.62. The second kappa shape index (κ2) is 9.35. The molecule has 4 nitrogen and oxygen atoms in total. The minimum Gasteiger partial charge on any atom is -0.494 e. The zero-order valence-electron chi connectivity index (χ0n) is 18.2.